The summed E-state index contributed by atoms with van der Waals surface area (Å²) in [6, 6.07) is 7.53. The van der Waals surface area contributed by atoms with E-state index in [2.05, 4.69) is 50.9 Å². The van der Waals surface area contributed by atoms with Crippen molar-refractivity contribution in [2.75, 3.05) is 25.2 Å². The van der Waals surface area contributed by atoms with Crippen molar-refractivity contribution < 1.29 is 4.74 Å². The minimum absolute atomic E-state index is 0.540. The zero-order valence-electron chi connectivity index (χ0n) is 14.6. The fourth-order valence-electron chi connectivity index (χ4n) is 3.75. The van der Waals surface area contributed by atoms with Gasteiger partial charge >= 0.3 is 0 Å². The fourth-order valence-corrected chi connectivity index (χ4v) is 3.75. The summed E-state index contributed by atoms with van der Waals surface area (Å²) in [5.74, 6) is 2.64. The molecule has 1 aliphatic carbocycles. The van der Waals surface area contributed by atoms with Gasteiger partial charge in [0.1, 0.15) is 0 Å². The zero-order valence-corrected chi connectivity index (χ0v) is 14.6. The summed E-state index contributed by atoms with van der Waals surface area (Å²) in [5, 5.41) is 0. The highest BCUT2D eigenvalue weighted by atomic mass is 16.5. The smallest absolute Gasteiger partial charge is 0.0670 e. The van der Waals surface area contributed by atoms with Crippen LogP contribution in [0.4, 0.5) is 5.69 Å². The molecule has 0 aromatic heterocycles. The number of nitrogens with zero attached hydrogens (tertiary/aromatic N) is 1. The van der Waals surface area contributed by atoms with Crippen LogP contribution in [0.1, 0.15) is 44.2 Å². The van der Waals surface area contributed by atoms with E-state index in [1.807, 2.05) is 0 Å². The molecule has 2 heteroatoms. The number of hydrogen-bond acceptors (Lipinski definition) is 2. The summed E-state index contributed by atoms with van der Waals surface area (Å²) >= 11 is 0. The van der Waals surface area contributed by atoms with E-state index in [4.69, 9.17) is 4.74 Å². The average Bonchev–Trinajstić information content (AvgIpc) is 3.22. The van der Waals surface area contributed by atoms with Crippen molar-refractivity contribution in [3.63, 3.8) is 0 Å². The van der Waals surface area contributed by atoms with Gasteiger partial charge in [-0.3, -0.25) is 0 Å². The average molecular weight is 301 g/mol. The second-order valence-electron chi connectivity index (χ2n) is 7.62. The van der Waals surface area contributed by atoms with Crippen molar-refractivity contribution in [3.05, 3.63) is 29.3 Å². The Labute approximate surface area is 135 Å². The lowest BCUT2D eigenvalue weighted by atomic mass is 9.85. The lowest BCUT2D eigenvalue weighted by Gasteiger charge is -2.27. The predicted molar refractivity (Wildman–Crippen MR) is 93.6 cm³/mol. The quantitative estimate of drug-likeness (QED) is 0.770. The summed E-state index contributed by atoms with van der Waals surface area (Å²) < 4.78 is 5.54. The Kier molecular flexibility index (Phi) is 4.77. The molecule has 22 heavy (non-hydrogen) atoms. The van der Waals surface area contributed by atoms with Crippen molar-refractivity contribution in [3.8, 4) is 0 Å². The Bertz CT molecular complexity index is 502. The van der Waals surface area contributed by atoms with Gasteiger partial charge in [0.15, 0.2) is 0 Å². The third kappa shape index (κ3) is 3.48. The SMILES string of the molecule is Cc1ccc(N(C)C2CCOC2)cc1CC(C)[C@@H](C)C1CC1. The molecule has 1 aromatic rings. The molecule has 3 atom stereocenters. The van der Waals surface area contributed by atoms with Crippen molar-refractivity contribution >= 4 is 5.69 Å². The van der Waals surface area contributed by atoms with Crippen LogP contribution in [-0.2, 0) is 11.2 Å². The van der Waals surface area contributed by atoms with Crippen LogP contribution in [0, 0.1) is 24.7 Å². The largest absolute Gasteiger partial charge is 0.379 e. The molecule has 1 aliphatic heterocycles. The van der Waals surface area contributed by atoms with Crippen LogP contribution in [0.15, 0.2) is 18.2 Å². The summed E-state index contributed by atoms with van der Waals surface area (Å²) in [4.78, 5) is 2.41. The standard InChI is InChI=1S/C20H31NO/c1-14-5-8-19(21(4)20-9-10-22-13-20)12-18(14)11-15(2)16(3)17-6-7-17/h5,8,12,15-17,20H,6-7,9-11,13H2,1-4H3/t15?,16-,20?/m1/s1. The van der Waals surface area contributed by atoms with Gasteiger partial charge in [-0.2, -0.15) is 0 Å². The molecule has 0 radical (unpaired) electrons. The molecule has 0 amide bonds. The molecule has 1 heterocycles. The highest BCUT2D eigenvalue weighted by Crippen LogP contribution is 2.41. The Morgan fingerprint density at radius 1 is 1.23 bits per heavy atom. The summed E-state index contributed by atoms with van der Waals surface area (Å²) in [6.45, 7) is 8.91. The first-order valence-corrected chi connectivity index (χ1v) is 8.96. The first kappa shape index (κ1) is 15.9. The molecule has 0 spiro atoms. The molecule has 1 saturated carbocycles. The number of likely N-dealkylation sites (N-methyl/N-ethyl adjacent to an activating group) is 1. The van der Waals surface area contributed by atoms with E-state index in [0.717, 1.165) is 37.4 Å². The van der Waals surface area contributed by atoms with Gasteiger partial charge in [0.2, 0.25) is 0 Å². The van der Waals surface area contributed by atoms with E-state index < -0.39 is 0 Å². The maximum atomic E-state index is 5.54. The van der Waals surface area contributed by atoms with Crippen LogP contribution >= 0.6 is 0 Å². The molecular formula is C20H31NO. The third-order valence-corrected chi connectivity index (χ3v) is 6.00. The predicted octanol–water partition coefficient (Wildman–Crippen LogP) is 4.44. The monoisotopic (exact) mass is 301 g/mol. The highest BCUT2D eigenvalue weighted by molar-refractivity contribution is 5.51. The molecule has 1 aromatic carbocycles. The number of rotatable bonds is 6. The molecule has 2 nitrogen and oxygen atoms in total. The number of benzene rings is 1. The lowest BCUT2D eigenvalue weighted by Crippen LogP contribution is -2.31. The molecule has 1 saturated heterocycles. The van der Waals surface area contributed by atoms with Gasteiger partial charge in [-0.05, 0) is 73.6 Å². The van der Waals surface area contributed by atoms with Gasteiger partial charge in [-0.1, -0.05) is 19.9 Å². The summed E-state index contributed by atoms with van der Waals surface area (Å²) in [7, 11) is 2.21. The maximum Gasteiger partial charge on any atom is 0.0670 e. The van der Waals surface area contributed by atoms with Gasteiger partial charge in [0.05, 0.1) is 12.6 Å². The van der Waals surface area contributed by atoms with E-state index in [1.165, 1.54) is 36.1 Å². The van der Waals surface area contributed by atoms with Crippen molar-refractivity contribution in [1.82, 2.24) is 0 Å². The first-order valence-electron chi connectivity index (χ1n) is 8.96. The van der Waals surface area contributed by atoms with Gasteiger partial charge in [-0.25, -0.2) is 0 Å². The molecule has 122 valence electrons. The van der Waals surface area contributed by atoms with Crippen LogP contribution in [0.3, 0.4) is 0 Å². The third-order valence-electron chi connectivity index (χ3n) is 6.00. The minimum Gasteiger partial charge on any atom is -0.379 e. The van der Waals surface area contributed by atoms with E-state index in [0.29, 0.717) is 6.04 Å². The molecule has 2 unspecified atom stereocenters. The van der Waals surface area contributed by atoms with Crippen LogP contribution in [0.5, 0.6) is 0 Å². The summed E-state index contributed by atoms with van der Waals surface area (Å²) in [6.07, 6.45) is 5.27. The number of anilines is 1. The van der Waals surface area contributed by atoms with Crippen LogP contribution in [0.25, 0.3) is 0 Å². The maximum absolute atomic E-state index is 5.54. The normalized spacial score (nSPS) is 24.3. The molecule has 0 N–H and O–H groups in total. The Balaban J connectivity index is 1.71. The van der Waals surface area contributed by atoms with Crippen LogP contribution in [-0.4, -0.2) is 26.3 Å². The Hall–Kier alpha value is -1.02. The second-order valence-corrected chi connectivity index (χ2v) is 7.62. The van der Waals surface area contributed by atoms with Crippen molar-refractivity contribution in [2.45, 2.75) is 52.5 Å². The molecular weight excluding hydrogens is 270 g/mol. The number of hydrogen-bond donors (Lipinski definition) is 0. The molecule has 2 fully saturated rings. The van der Waals surface area contributed by atoms with Crippen molar-refractivity contribution in [1.29, 1.82) is 0 Å². The van der Waals surface area contributed by atoms with Gasteiger partial charge in [0, 0.05) is 19.3 Å². The topological polar surface area (TPSA) is 12.5 Å². The molecule has 2 aliphatic rings. The first-order chi connectivity index (χ1) is 10.6. The minimum atomic E-state index is 0.540. The van der Waals surface area contributed by atoms with E-state index >= 15 is 0 Å². The van der Waals surface area contributed by atoms with Crippen LogP contribution < -0.4 is 4.90 Å². The van der Waals surface area contributed by atoms with E-state index in [9.17, 15) is 0 Å². The number of aryl methyl sites for hydroxylation is 1. The van der Waals surface area contributed by atoms with Gasteiger partial charge < -0.3 is 9.64 Å². The van der Waals surface area contributed by atoms with E-state index in [-0.39, 0.29) is 0 Å². The van der Waals surface area contributed by atoms with Crippen LogP contribution in [0.2, 0.25) is 0 Å². The Morgan fingerprint density at radius 3 is 2.64 bits per heavy atom. The highest BCUT2D eigenvalue weighted by Gasteiger charge is 2.31. The molecule has 3 rings (SSSR count). The van der Waals surface area contributed by atoms with E-state index in [1.54, 1.807) is 0 Å². The van der Waals surface area contributed by atoms with Gasteiger partial charge in [-0.15, -0.1) is 0 Å². The lowest BCUT2D eigenvalue weighted by molar-refractivity contribution is 0.193. The zero-order chi connectivity index (χ0) is 15.7. The second kappa shape index (κ2) is 6.62. The number of ether oxygens (including phenoxy) is 1. The van der Waals surface area contributed by atoms with Gasteiger partial charge in [0.25, 0.3) is 0 Å². The summed E-state index contributed by atoms with van der Waals surface area (Å²) in [5.41, 5.74) is 4.32. The fraction of sp³-hybridized carbons (Fsp3) is 0.700. The van der Waals surface area contributed by atoms with Crippen molar-refractivity contribution in [2.24, 2.45) is 17.8 Å². The molecule has 0 bridgehead atoms. The Morgan fingerprint density at radius 2 is 2.00 bits per heavy atom.